The van der Waals surface area contributed by atoms with Crippen molar-refractivity contribution in [2.45, 2.75) is 25.8 Å². The van der Waals surface area contributed by atoms with Crippen LogP contribution in [0.5, 0.6) is 0 Å². The van der Waals surface area contributed by atoms with E-state index in [1.54, 1.807) is 7.05 Å². The molecule has 0 radical (unpaired) electrons. The minimum absolute atomic E-state index is 0.251. The van der Waals surface area contributed by atoms with E-state index in [0.717, 1.165) is 17.7 Å². The average molecular weight is 262 g/mol. The fourth-order valence-electron chi connectivity index (χ4n) is 2.49. The Morgan fingerprint density at radius 1 is 1.37 bits per heavy atom. The van der Waals surface area contributed by atoms with Gasteiger partial charge in [0.05, 0.1) is 0 Å². The summed E-state index contributed by atoms with van der Waals surface area (Å²) in [6.07, 6.45) is 1.27. The number of aryl methyl sites for hydroxylation is 1. The van der Waals surface area contributed by atoms with Crippen molar-refractivity contribution in [2.24, 2.45) is 0 Å². The number of hydrogen-bond acceptors (Lipinski definition) is 2. The molecule has 2 amide bonds. The number of para-hydroxylation sites is 1. The van der Waals surface area contributed by atoms with Gasteiger partial charge in [-0.1, -0.05) is 18.2 Å². The van der Waals surface area contributed by atoms with Crippen molar-refractivity contribution >= 4 is 17.7 Å². The number of anilines is 1. The molecule has 1 aliphatic rings. The quantitative estimate of drug-likeness (QED) is 0.887. The summed E-state index contributed by atoms with van der Waals surface area (Å²) in [6, 6.07) is 6.62. The minimum Gasteiger partial charge on any atom is -0.480 e. The number of carbonyl (C=O) groups excluding carboxylic acids is 1. The van der Waals surface area contributed by atoms with Gasteiger partial charge in [0, 0.05) is 19.3 Å². The van der Waals surface area contributed by atoms with Crippen LogP contribution in [-0.2, 0) is 4.79 Å². The Kier molecular flexibility index (Phi) is 3.74. The molecule has 0 spiro atoms. The molecule has 1 aromatic carbocycles. The number of hydrogen-bond donors (Lipinski definition) is 1. The first-order valence-electron chi connectivity index (χ1n) is 6.35. The normalized spacial score (nSPS) is 18.4. The van der Waals surface area contributed by atoms with E-state index in [4.69, 9.17) is 5.11 Å². The van der Waals surface area contributed by atoms with Crippen molar-refractivity contribution < 1.29 is 14.7 Å². The fraction of sp³-hybridized carbons (Fsp3) is 0.429. The lowest BCUT2D eigenvalue weighted by Gasteiger charge is -2.28. The van der Waals surface area contributed by atoms with Gasteiger partial charge in [0.2, 0.25) is 0 Å². The monoisotopic (exact) mass is 262 g/mol. The van der Waals surface area contributed by atoms with Gasteiger partial charge in [0.15, 0.2) is 0 Å². The smallest absolute Gasteiger partial charge is 0.326 e. The van der Waals surface area contributed by atoms with Gasteiger partial charge in [-0.15, -0.1) is 0 Å². The van der Waals surface area contributed by atoms with E-state index >= 15 is 0 Å². The van der Waals surface area contributed by atoms with Gasteiger partial charge >= 0.3 is 12.0 Å². The third-order valence-corrected chi connectivity index (χ3v) is 3.55. The lowest BCUT2D eigenvalue weighted by molar-refractivity contribution is -0.141. The maximum absolute atomic E-state index is 12.4. The van der Waals surface area contributed by atoms with Gasteiger partial charge in [-0.3, -0.25) is 4.90 Å². The Morgan fingerprint density at radius 3 is 2.68 bits per heavy atom. The van der Waals surface area contributed by atoms with Gasteiger partial charge < -0.3 is 10.0 Å². The highest BCUT2D eigenvalue weighted by Crippen LogP contribution is 2.23. The number of rotatable bonds is 2. The highest BCUT2D eigenvalue weighted by Gasteiger charge is 2.35. The van der Waals surface area contributed by atoms with E-state index in [1.807, 2.05) is 31.2 Å². The predicted molar refractivity (Wildman–Crippen MR) is 72.3 cm³/mol. The number of nitrogens with zero attached hydrogens (tertiary/aromatic N) is 2. The highest BCUT2D eigenvalue weighted by molar-refractivity contribution is 5.95. The number of carboxylic acid groups (broad SMARTS) is 1. The van der Waals surface area contributed by atoms with E-state index in [2.05, 4.69) is 0 Å². The molecule has 0 bridgehead atoms. The second-order valence-electron chi connectivity index (χ2n) is 4.82. The van der Waals surface area contributed by atoms with Crippen molar-refractivity contribution in [3.8, 4) is 0 Å². The van der Waals surface area contributed by atoms with Crippen molar-refractivity contribution in [1.82, 2.24) is 4.90 Å². The molecule has 1 N–H and O–H groups in total. The first kappa shape index (κ1) is 13.4. The summed E-state index contributed by atoms with van der Waals surface area (Å²) in [6.45, 7) is 2.43. The largest absolute Gasteiger partial charge is 0.480 e. The standard InChI is InChI=1S/C14H18N2O3/c1-10-6-3-4-7-11(10)15(2)14(19)16-9-5-8-12(16)13(17)18/h3-4,6-7,12H,5,8-9H2,1-2H3,(H,17,18)/t12-/m0/s1. The van der Waals surface area contributed by atoms with Gasteiger partial charge in [-0.05, 0) is 31.4 Å². The Bertz CT molecular complexity index is 501. The third kappa shape index (κ3) is 2.54. The van der Waals surface area contributed by atoms with Crippen molar-refractivity contribution in [2.75, 3.05) is 18.5 Å². The molecule has 1 fully saturated rings. The average Bonchev–Trinajstić information content (AvgIpc) is 2.87. The molecule has 0 aromatic heterocycles. The fourth-order valence-corrected chi connectivity index (χ4v) is 2.49. The maximum atomic E-state index is 12.4. The molecule has 1 aliphatic heterocycles. The molecule has 0 aliphatic carbocycles. The van der Waals surface area contributed by atoms with E-state index in [-0.39, 0.29) is 6.03 Å². The van der Waals surface area contributed by atoms with E-state index in [0.29, 0.717) is 13.0 Å². The molecule has 1 atom stereocenters. The lowest BCUT2D eigenvalue weighted by Crippen LogP contribution is -2.47. The van der Waals surface area contributed by atoms with Crippen LogP contribution in [0.2, 0.25) is 0 Å². The zero-order chi connectivity index (χ0) is 14.0. The van der Waals surface area contributed by atoms with Crippen LogP contribution >= 0.6 is 0 Å². The van der Waals surface area contributed by atoms with Crippen LogP contribution in [0.15, 0.2) is 24.3 Å². The maximum Gasteiger partial charge on any atom is 0.326 e. The highest BCUT2D eigenvalue weighted by atomic mass is 16.4. The number of carbonyl (C=O) groups is 2. The van der Waals surface area contributed by atoms with E-state index in [9.17, 15) is 9.59 Å². The van der Waals surface area contributed by atoms with Crippen molar-refractivity contribution in [3.63, 3.8) is 0 Å². The minimum atomic E-state index is -0.927. The second-order valence-corrected chi connectivity index (χ2v) is 4.82. The second kappa shape index (κ2) is 5.30. The molecule has 5 heteroatoms. The molecular weight excluding hydrogens is 244 g/mol. The Labute approximate surface area is 112 Å². The van der Waals surface area contributed by atoms with Gasteiger partial charge in [-0.25, -0.2) is 9.59 Å². The number of aliphatic carboxylic acids is 1. The van der Waals surface area contributed by atoms with Gasteiger partial charge in [-0.2, -0.15) is 0 Å². The van der Waals surface area contributed by atoms with Crippen LogP contribution in [0.3, 0.4) is 0 Å². The van der Waals surface area contributed by atoms with Crippen LogP contribution in [-0.4, -0.2) is 41.6 Å². The Morgan fingerprint density at radius 2 is 2.05 bits per heavy atom. The summed E-state index contributed by atoms with van der Waals surface area (Å²) in [5.41, 5.74) is 1.80. The molecule has 102 valence electrons. The zero-order valence-electron chi connectivity index (χ0n) is 11.2. The lowest BCUT2D eigenvalue weighted by atomic mass is 10.2. The van der Waals surface area contributed by atoms with Crippen LogP contribution in [0, 0.1) is 6.92 Å². The molecule has 2 rings (SSSR count). The molecule has 1 heterocycles. The number of urea groups is 1. The first-order valence-corrected chi connectivity index (χ1v) is 6.35. The molecule has 1 aromatic rings. The summed E-state index contributed by atoms with van der Waals surface area (Å²) < 4.78 is 0. The Hall–Kier alpha value is -2.04. The van der Waals surface area contributed by atoms with Crippen LogP contribution in [0.25, 0.3) is 0 Å². The van der Waals surface area contributed by atoms with E-state index in [1.165, 1.54) is 9.80 Å². The zero-order valence-corrected chi connectivity index (χ0v) is 11.2. The number of benzene rings is 1. The molecule has 19 heavy (non-hydrogen) atoms. The topological polar surface area (TPSA) is 60.9 Å². The molecule has 0 saturated carbocycles. The third-order valence-electron chi connectivity index (χ3n) is 3.55. The number of likely N-dealkylation sites (tertiary alicyclic amines) is 1. The molecular formula is C14H18N2O3. The van der Waals surface area contributed by atoms with Crippen LogP contribution in [0.4, 0.5) is 10.5 Å². The summed E-state index contributed by atoms with van der Waals surface area (Å²) in [5.74, 6) is -0.927. The number of amides is 2. The summed E-state index contributed by atoms with van der Waals surface area (Å²) >= 11 is 0. The van der Waals surface area contributed by atoms with Crippen molar-refractivity contribution in [1.29, 1.82) is 0 Å². The number of carboxylic acids is 1. The van der Waals surface area contributed by atoms with Crippen LogP contribution < -0.4 is 4.90 Å². The predicted octanol–water partition coefficient (Wildman–Crippen LogP) is 2.10. The summed E-state index contributed by atoms with van der Waals surface area (Å²) in [4.78, 5) is 26.5. The summed E-state index contributed by atoms with van der Waals surface area (Å²) in [5, 5.41) is 9.13. The van der Waals surface area contributed by atoms with Gasteiger partial charge in [0.25, 0.3) is 0 Å². The molecule has 1 saturated heterocycles. The SMILES string of the molecule is Cc1ccccc1N(C)C(=O)N1CCC[C@H]1C(=O)O. The van der Waals surface area contributed by atoms with E-state index < -0.39 is 12.0 Å². The molecule has 0 unspecified atom stereocenters. The van der Waals surface area contributed by atoms with Gasteiger partial charge in [0.1, 0.15) is 6.04 Å². The molecule has 5 nitrogen and oxygen atoms in total. The summed E-state index contributed by atoms with van der Waals surface area (Å²) in [7, 11) is 1.68. The van der Waals surface area contributed by atoms with Crippen LogP contribution in [0.1, 0.15) is 18.4 Å². The van der Waals surface area contributed by atoms with Crippen molar-refractivity contribution in [3.05, 3.63) is 29.8 Å². The Balaban J connectivity index is 2.20. The first-order chi connectivity index (χ1) is 9.02.